The van der Waals surface area contributed by atoms with E-state index in [1.807, 2.05) is 60.5 Å². The van der Waals surface area contributed by atoms with Gasteiger partial charge in [-0.1, -0.05) is 32.0 Å². The molecule has 1 aliphatic rings. The van der Waals surface area contributed by atoms with Crippen LogP contribution in [0.25, 0.3) is 10.9 Å². The van der Waals surface area contributed by atoms with E-state index in [9.17, 15) is 9.90 Å². The maximum Gasteiger partial charge on any atom is 0.227 e. The molecule has 4 rings (SSSR count). The topological polar surface area (TPSA) is 90.8 Å². The van der Waals surface area contributed by atoms with Crippen LogP contribution in [-0.4, -0.2) is 76.4 Å². The Balaban J connectivity index is 1.45. The van der Waals surface area contributed by atoms with Gasteiger partial charge < -0.3 is 20.1 Å². The Labute approximate surface area is 204 Å². The van der Waals surface area contributed by atoms with Crippen molar-refractivity contribution in [3.63, 3.8) is 0 Å². The number of aromatic nitrogens is 2. The summed E-state index contributed by atoms with van der Waals surface area (Å²) in [4.78, 5) is 27.6. The van der Waals surface area contributed by atoms with Gasteiger partial charge in [0.2, 0.25) is 5.91 Å². The summed E-state index contributed by atoms with van der Waals surface area (Å²) in [5.41, 5.74) is 0.856. The average molecular weight is 484 g/mol. The molecule has 0 spiro atoms. The van der Waals surface area contributed by atoms with Crippen LogP contribution in [0.15, 0.2) is 41.8 Å². The van der Waals surface area contributed by atoms with Crippen molar-refractivity contribution in [3.05, 3.63) is 52.5 Å². The number of aliphatic hydroxyl groups is 1. The number of nitrogens with zero attached hydrogens (tertiary/aromatic N) is 4. The number of ether oxygens (including phenoxy) is 1. The number of benzene rings is 1. The lowest BCUT2D eigenvalue weighted by Gasteiger charge is -2.34. The number of anilines is 1. The molecule has 0 radical (unpaired) electrons. The number of hydrogen-bond donors (Lipinski definition) is 2. The molecule has 0 saturated carbocycles. The number of aliphatic hydroxyl groups excluding tert-OH is 1. The molecule has 3 aromatic rings. The lowest BCUT2D eigenvalue weighted by molar-refractivity contribution is -0.132. The Kier molecular flexibility index (Phi) is 8.10. The second-order valence-corrected chi connectivity index (χ2v) is 9.99. The molecule has 0 aliphatic carbocycles. The quantitative estimate of drug-likeness (QED) is 0.452. The molecule has 2 aromatic heterocycles. The summed E-state index contributed by atoms with van der Waals surface area (Å²) >= 11 is 1.62. The standard InChI is InChI=1S/C25H33N5O3S/c1-17(2)23(25(32)33-3)28-24-19-8-4-5-9-20(19)26-21(27-24)16-29-10-12-30(13-11-29)22(31)15-18-7-6-14-34-18/h4-9,14,17,23,25,32H,10-13,15-16H2,1-3H3,(H,26,27,28)/t23-,25?/m0/s1. The molecule has 0 bridgehead atoms. The predicted octanol–water partition coefficient (Wildman–Crippen LogP) is 2.98. The highest BCUT2D eigenvalue weighted by Gasteiger charge is 2.25. The van der Waals surface area contributed by atoms with E-state index in [-0.39, 0.29) is 17.9 Å². The number of nitrogens with one attached hydrogen (secondary N) is 1. The number of amides is 1. The molecule has 2 N–H and O–H groups in total. The fraction of sp³-hybridized carbons (Fsp3) is 0.480. The minimum Gasteiger partial charge on any atom is -0.366 e. The lowest BCUT2D eigenvalue weighted by Crippen LogP contribution is -2.48. The predicted molar refractivity (Wildman–Crippen MR) is 135 cm³/mol. The van der Waals surface area contributed by atoms with Gasteiger partial charge in [-0.15, -0.1) is 11.3 Å². The van der Waals surface area contributed by atoms with Crippen LogP contribution in [0, 0.1) is 5.92 Å². The molecule has 1 aliphatic heterocycles. The van der Waals surface area contributed by atoms with E-state index in [4.69, 9.17) is 14.7 Å². The van der Waals surface area contributed by atoms with Crippen molar-refractivity contribution in [2.24, 2.45) is 5.92 Å². The first-order valence-corrected chi connectivity index (χ1v) is 12.6. The largest absolute Gasteiger partial charge is 0.366 e. The third-order valence-corrected chi connectivity index (χ3v) is 7.09. The molecule has 1 saturated heterocycles. The van der Waals surface area contributed by atoms with E-state index in [2.05, 4.69) is 10.2 Å². The molecule has 1 aromatic carbocycles. The molecule has 3 heterocycles. The number of carbonyl (C=O) groups excluding carboxylic acids is 1. The number of piperazine rings is 1. The Morgan fingerprint density at radius 3 is 2.59 bits per heavy atom. The second-order valence-electron chi connectivity index (χ2n) is 8.96. The van der Waals surface area contributed by atoms with Gasteiger partial charge in [0.15, 0.2) is 6.29 Å². The molecule has 8 nitrogen and oxygen atoms in total. The maximum absolute atomic E-state index is 12.6. The fourth-order valence-electron chi connectivity index (χ4n) is 4.21. The minimum atomic E-state index is -0.947. The third-order valence-electron chi connectivity index (χ3n) is 6.22. The van der Waals surface area contributed by atoms with Crippen LogP contribution in [0.4, 0.5) is 5.82 Å². The maximum atomic E-state index is 12.6. The number of rotatable bonds is 9. The molecule has 34 heavy (non-hydrogen) atoms. The van der Waals surface area contributed by atoms with Gasteiger partial charge >= 0.3 is 0 Å². The zero-order valence-electron chi connectivity index (χ0n) is 20.0. The fourth-order valence-corrected chi connectivity index (χ4v) is 4.90. The van der Waals surface area contributed by atoms with Crippen LogP contribution in [0.1, 0.15) is 24.5 Å². The summed E-state index contributed by atoms with van der Waals surface area (Å²) in [6.07, 6.45) is -0.470. The van der Waals surface area contributed by atoms with Crippen molar-refractivity contribution >= 4 is 34.0 Å². The van der Waals surface area contributed by atoms with Gasteiger partial charge in [0, 0.05) is 43.6 Å². The van der Waals surface area contributed by atoms with Crippen LogP contribution in [-0.2, 0) is 22.5 Å². The van der Waals surface area contributed by atoms with E-state index in [0.29, 0.717) is 37.7 Å². The zero-order chi connectivity index (χ0) is 24.1. The SMILES string of the molecule is COC(O)[C@@H](Nc1nc(CN2CCN(C(=O)Cc3cccs3)CC2)nc2ccccc12)C(C)C. The molecule has 1 amide bonds. The number of thiophene rings is 1. The number of carbonyl (C=O) groups is 1. The summed E-state index contributed by atoms with van der Waals surface area (Å²) in [5.74, 6) is 1.73. The van der Waals surface area contributed by atoms with Gasteiger partial charge in [-0.25, -0.2) is 9.97 Å². The van der Waals surface area contributed by atoms with Crippen LogP contribution in [0.5, 0.6) is 0 Å². The smallest absolute Gasteiger partial charge is 0.227 e. The van der Waals surface area contributed by atoms with Crippen LogP contribution < -0.4 is 5.32 Å². The Morgan fingerprint density at radius 1 is 1.15 bits per heavy atom. The Hall–Kier alpha value is -2.59. The van der Waals surface area contributed by atoms with Crippen LogP contribution in [0.3, 0.4) is 0 Å². The highest BCUT2D eigenvalue weighted by molar-refractivity contribution is 7.10. The highest BCUT2D eigenvalue weighted by Crippen LogP contribution is 2.24. The summed E-state index contributed by atoms with van der Waals surface area (Å²) in [5, 5.41) is 16.6. The number of para-hydroxylation sites is 1. The first-order chi connectivity index (χ1) is 16.4. The first kappa shape index (κ1) is 24.5. The van der Waals surface area contributed by atoms with Crippen molar-refractivity contribution in [3.8, 4) is 0 Å². The van der Waals surface area contributed by atoms with E-state index >= 15 is 0 Å². The molecule has 1 unspecified atom stereocenters. The van der Waals surface area contributed by atoms with Crippen molar-refractivity contribution in [2.75, 3.05) is 38.6 Å². The van der Waals surface area contributed by atoms with Gasteiger partial charge in [0.1, 0.15) is 11.6 Å². The molecule has 1 fully saturated rings. The number of fused-ring (bicyclic) bond motifs is 1. The van der Waals surface area contributed by atoms with Gasteiger partial charge in [0.05, 0.1) is 24.5 Å². The van der Waals surface area contributed by atoms with Crippen molar-refractivity contribution in [1.82, 2.24) is 19.8 Å². The van der Waals surface area contributed by atoms with Gasteiger partial charge in [0.25, 0.3) is 0 Å². The van der Waals surface area contributed by atoms with Gasteiger partial charge in [-0.05, 0) is 29.5 Å². The lowest BCUT2D eigenvalue weighted by atomic mass is 10.0. The third kappa shape index (κ3) is 5.90. The minimum absolute atomic E-state index is 0.131. The van der Waals surface area contributed by atoms with Gasteiger partial charge in [-0.3, -0.25) is 9.69 Å². The normalized spacial score (nSPS) is 16.7. The second kappa shape index (κ2) is 11.2. The average Bonchev–Trinajstić information content (AvgIpc) is 3.35. The monoisotopic (exact) mass is 483 g/mol. The van der Waals surface area contributed by atoms with Gasteiger partial charge in [-0.2, -0.15) is 0 Å². The number of hydrogen-bond acceptors (Lipinski definition) is 8. The van der Waals surface area contributed by atoms with Crippen LogP contribution >= 0.6 is 11.3 Å². The Bertz CT molecular complexity index is 1080. The Morgan fingerprint density at radius 2 is 1.91 bits per heavy atom. The van der Waals surface area contributed by atoms with Crippen LogP contribution in [0.2, 0.25) is 0 Å². The number of methoxy groups -OCH3 is 1. The van der Waals surface area contributed by atoms with E-state index in [1.54, 1.807) is 11.3 Å². The molecule has 182 valence electrons. The van der Waals surface area contributed by atoms with Crippen molar-refractivity contribution in [1.29, 1.82) is 0 Å². The van der Waals surface area contributed by atoms with E-state index < -0.39 is 6.29 Å². The highest BCUT2D eigenvalue weighted by atomic mass is 32.1. The van der Waals surface area contributed by atoms with Crippen molar-refractivity contribution < 1.29 is 14.6 Å². The summed E-state index contributed by atoms with van der Waals surface area (Å²) in [6.45, 7) is 7.65. The zero-order valence-corrected chi connectivity index (χ0v) is 20.8. The summed E-state index contributed by atoms with van der Waals surface area (Å²) < 4.78 is 5.18. The molecular formula is C25H33N5O3S. The first-order valence-electron chi connectivity index (χ1n) is 11.7. The summed E-state index contributed by atoms with van der Waals surface area (Å²) in [6, 6.07) is 11.6. The molecule has 2 atom stereocenters. The van der Waals surface area contributed by atoms with Crippen molar-refractivity contribution in [2.45, 2.75) is 39.1 Å². The summed E-state index contributed by atoms with van der Waals surface area (Å²) in [7, 11) is 1.50. The van der Waals surface area contributed by atoms with E-state index in [1.165, 1.54) is 7.11 Å². The molecule has 9 heteroatoms. The van der Waals surface area contributed by atoms with E-state index in [0.717, 1.165) is 28.9 Å². The molecular weight excluding hydrogens is 450 g/mol.